The number of rotatable bonds is 4. The third-order valence-corrected chi connectivity index (χ3v) is 4.33. The summed E-state index contributed by atoms with van der Waals surface area (Å²) in [4.78, 5) is 11.5. The maximum absolute atomic E-state index is 12.3. The molecule has 0 fully saturated rings. The number of hydrogen-bond acceptors (Lipinski definition) is 3. The third-order valence-electron chi connectivity index (χ3n) is 2.94. The van der Waals surface area contributed by atoms with Crippen molar-refractivity contribution < 1.29 is 13.2 Å². The number of carbonyl (C=O) groups is 1. The predicted molar refractivity (Wildman–Crippen MR) is 85.0 cm³/mol. The standard InChI is InChI=1S/C16H14N2O3S/c1-3-12-5-4-6-14(11-12)18-22(20,21)15-9-7-13(8-10-15)16(19)17-2/h1,4-11,18H,2H3,(H,17,19). The number of nitrogens with one attached hydrogen (secondary N) is 2. The number of carbonyl (C=O) groups excluding carboxylic acids is 1. The zero-order valence-corrected chi connectivity index (χ0v) is 12.6. The Morgan fingerprint density at radius 2 is 1.82 bits per heavy atom. The molecule has 0 saturated carbocycles. The van der Waals surface area contributed by atoms with Crippen molar-refractivity contribution in [3.05, 3.63) is 59.7 Å². The zero-order valence-electron chi connectivity index (χ0n) is 11.8. The average molecular weight is 314 g/mol. The summed E-state index contributed by atoms with van der Waals surface area (Å²) in [5, 5.41) is 2.47. The Labute approximate surface area is 129 Å². The van der Waals surface area contributed by atoms with Gasteiger partial charge in [-0.25, -0.2) is 8.42 Å². The number of anilines is 1. The highest BCUT2D eigenvalue weighted by molar-refractivity contribution is 7.92. The summed E-state index contributed by atoms with van der Waals surface area (Å²) in [6, 6.07) is 12.2. The molecule has 2 aromatic carbocycles. The number of terminal acetylenes is 1. The Balaban J connectivity index is 2.27. The number of sulfonamides is 1. The van der Waals surface area contributed by atoms with E-state index in [1.165, 1.54) is 31.3 Å². The van der Waals surface area contributed by atoms with Gasteiger partial charge in [-0.15, -0.1) is 6.42 Å². The Hall–Kier alpha value is -2.78. The van der Waals surface area contributed by atoms with E-state index in [9.17, 15) is 13.2 Å². The van der Waals surface area contributed by atoms with Crippen LogP contribution in [0, 0.1) is 12.3 Å². The summed E-state index contributed by atoms with van der Waals surface area (Å²) < 4.78 is 27.0. The molecule has 2 N–H and O–H groups in total. The van der Waals surface area contributed by atoms with Gasteiger partial charge >= 0.3 is 0 Å². The van der Waals surface area contributed by atoms with E-state index in [1.54, 1.807) is 24.3 Å². The minimum absolute atomic E-state index is 0.0614. The SMILES string of the molecule is C#Cc1cccc(NS(=O)(=O)c2ccc(C(=O)NC)cc2)c1. The molecule has 0 aliphatic carbocycles. The van der Waals surface area contributed by atoms with Gasteiger partial charge in [0, 0.05) is 18.2 Å². The highest BCUT2D eigenvalue weighted by Gasteiger charge is 2.15. The molecular formula is C16H14N2O3S. The van der Waals surface area contributed by atoms with Crippen LogP contribution in [0.3, 0.4) is 0 Å². The largest absolute Gasteiger partial charge is 0.355 e. The molecule has 0 aliphatic heterocycles. The molecule has 1 amide bonds. The fraction of sp³-hybridized carbons (Fsp3) is 0.0625. The van der Waals surface area contributed by atoms with Crippen molar-refractivity contribution in [3.8, 4) is 12.3 Å². The maximum atomic E-state index is 12.3. The van der Waals surface area contributed by atoms with Crippen molar-refractivity contribution in [2.45, 2.75) is 4.90 Å². The lowest BCUT2D eigenvalue weighted by molar-refractivity contribution is 0.0963. The molecule has 0 aliphatic rings. The molecular weight excluding hydrogens is 300 g/mol. The first-order valence-corrected chi connectivity index (χ1v) is 7.86. The topological polar surface area (TPSA) is 75.3 Å². The van der Waals surface area contributed by atoms with Crippen molar-refractivity contribution in [1.29, 1.82) is 0 Å². The second kappa shape index (κ2) is 6.33. The highest BCUT2D eigenvalue weighted by Crippen LogP contribution is 2.17. The van der Waals surface area contributed by atoms with Crippen LogP contribution >= 0.6 is 0 Å². The van der Waals surface area contributed by atoms with E-state index in [2.05, 4.69) is 16.0 Å². The van der Waals surface area contributed by atoms with Crippen LogP contribution in [-0.4, -0.2) is 21.4 Å². The van der Waals surface area contributed by atoms with Crippen molar-refractivity contribution in [3.63, 3.8) is 0 Å². The van der Waals surface area contributed by atoms with Crippen LogP contribution in [-0.2, 0) is 10.0 Å². The summed E-state index contributed by atoms with van der Waals surface area (Å²) >= 11 is 0. The van der Waals surface area contributed by atoms with Crippen molar-refractivity contribution >= 4 is 21.6 Å². The number of hydrogen-bond donors (Lipinski definition) is 2. The average Bonchev–Trinajstić information content (AvgIpc) is 2.54. The van der Waals surface area contributed by atoms with Gasteiger partial charge < -0.3 is 5.32 Å². The molecule has 0 saturated heterocycles. The molecule has 0 heterocycles. The lowest BCUT2D eigenvalue weighted by Crippen LogP contribution is -2.18. The van der Waals surface area contributed by atoms with Gasteiger partial charge in [0.1, 0.15) is 0 Å². The molecule has 0 radical (unpaired) electrons. The van der Waals surface area contributed by atoms with Crippen LogP contribution in [0.4, 0.5) is 5.69 Å². The maximum Gasteiger partial charge on any atom is 0.261 e. The molecule has 5 nitrogen and oxygen atoms in total. The Morgan fingerprint density at radius 3 is 2.41 bits per heavy atom. The minimum atomic E-state index is -3.74. The van der Waals surface area contributed by atoms with Crippen molar-refractivity contribution in [2.24, 2.45) is 0 Å². The quantitative estimate of drug-likeness (QED) is 0.845. The fourth-order valence-electron chi connectivity index (χ4n) is 1.82. The van der Waals surface area contributed by atoms with Gasteiger partial charge in [0.25, 0.3) is 15.9 Å². The minimum Gasteiger partial charge on any atom is -0.355 e. The molecule has 6 heteroatoms. The van der Waals surface area contributed by atoms with Crippen LogP contribution in [0.2, 0.25) is 0 Å². The molecule has 0 spiro atoms. The normalized spacial score (nSPS) is 10.5. The molecule has 0 bridgehead atoms. The number of benzene rings is 2. The van der Waals surface area contributed by atoms with Gasteiger partial charge in [-0.3, -0.25) is 9.52 Å². The molecule has 22 heavy (non-hydrogen) atoms. The molecule has 2 rings (SSSR count). The summed E-state index contributed by atoms with van der Waals surface area (Å²) in [6.07, 6.45) is 5.29. The van der Waals surface area contributed by atoms with Crippen LogP contribution in [0.1, 0.15) is 15.9 Å². The summed E-state index contributed by atoms with van der Waals surface area (Å²) in [5.74, 6) is 2.16. The van der Waals surface area contributed by atoms with Crippen LogP contribution in [0.5, 0.6) is 0 Å². The van der Waals surface area contributed by atoms with E-state index in [-0.39, 0.29) is 10.8 Å². The second-order valence-corrected chi connectivity index (χ2v) is 6.12. The van der Waals surface area contributed by atoms with Crippen LogP contribution < -0.4 is 10.0 Å². The van der Waals surface area contributed by atoms with E-state index in [0.29, 0.717) is 16.8 Å². The van der Waals surface area contributed by atoms with Crippen molar-refractivity contribution in [2.75, 3.05) is 11.8 Å². The summed E-state index contributed by atoms with van der Waals surface area (Å²) in [6.45, 7) is 0. The Bertz CT molecular complexity index is 834. The predicted octanol–water partition coefficient (Wildman–Crippen LogP) is 1.83. The van der Waals surface area contributed by atoms with E-state index in [4.69, 9.17) is 6.42 Å². The Morgan fingerprint density at radius 1 is 1.14 bits per heavy atom. The molecule has 0 unspecified atom stereocenters. The second-order valence-electron chi connectivity index (χ2n) is 4.43. The first kappa shape index (κ1) is 15.6. The van der Waals surface area contributed by atoms with Crippen LogP contribution in [0.25, 0.3) is 0 Å². The van der Waals surface area contributed by atoms with Crippen LogP contribution in [0.15, 0.2) is 53.4 Å². The van der Waals surface area contributed by atoms with Gasteiger partial charge in [-0.2, -0.15) is 0 Å². The van der Waals surface area contributed by atoms with Gasteiger partial charge in [-0.05, 0) is 42.5 Å². The first-order valence-electron chi connectivity index (χ1n) is 6.38. The van der Waals surface area contributed by atoms with E-state index in [0.717, 1.165) is 0 Å². The Kier molecular flexibility index (Phi) is 4.49. The van der Waals surface area contributed by atoms with E-state index >= 15 is 0 Å². The van der Waals surface area contributed by atoms with Gasteiger partial charge in [-0.1, -0.05) is 12.0 Å². The monoisotopic (exact) mass is 314 g/mol. The fourth-order valence-corrected chi connectivity index (χ4v) is 2.87. The van der Waals surface area contributed by atoms with Crippen molar-refractivity contribution in [1.82, 2.24) is 5.32 Å². The molecule has 112 valence electrons. The first-order chi connectivity index (χ1) is 10.5. The lowest BCUT2D eigenvalue weighted by Gasteiger charge is -2.09. The summed E-state index contributed by atoms with van der Waals surface area (Å²) in [7, 11) is -2.23. The lowest BCUT2D eigenvalue weighted by atomic mass is 10.2. The molecule has 2 aromatic rings. The van der Waals surface area contributed by atoms with Gasteiger partial charge in [0.2, 0.25) is 0 Å². The molecule has 0 aromatic heterocycles. The summed E-state index contributed by atoms with van der Waals surface area (Å²) in [5.41, 5.74) is 1.34. The van der Waals surface area contributed by atoms with Gasteiger partial charge in [0.15, 0.2) is 0 Å². The van der Waals surface area contributed by atoms with Gasteiger partial charge in [0.05, 0.1) is 10.6 Å². The highest BCUT2D eigenvalue weighted by atomic mass is 32.2. The zero-order chi connectivity index (χ0) is 16.2. The third kappa shape index (κ3) is 3.45. The smallest absolute Gasteiger partial charge is 0.261 e. The van der Waals surface area contributed by atoms with E-state index < -0.39 is 10.0 Å². The number of amides is 1. The van der Waals surface area contributed by atoms with E-state index in [1.807, 2.05) is 0 Å². The molecule has 0 atom stereocenters.